The lowest BCUT2D eigenvalue weighted by atomic mass is 9.91. The van der Waals surface area contributed by atoms with E-state index in [0.717, 1.165) is 31.5 Å². The van der Waals surface area contributed by atoms with E-state index in [2.05, 4.69) is 16.4 Å². The van der Waals surface area contributed by atoms with Crippen molar-refractivity contribution < 1.29 is 4.79 Å². The summed E-state index contributed by atoms with van der Waals surface area (Å²) < 4.78 is 0. The molecule has 0 spiro atoms. The van der Waals surface area contributed by atoms with Crippen molar-refractivity contribution in [3.8, 4) is 0 Å². The van der Waals surface area contributed by atoms with Gasteiger partial charge in [-0.05, 0) is 37.3 Å². The van der Waals surface area contributed by atoms with E-state index in [4.69, 9.17) is 0 Å². The van der Waals surface area contributed by atoms with E-state index < -0.39 is 0 Å². The third-order valence-electron chi connectivity index (χ3n) is 4.02. The zero-order chi connectivity index (χ0) is 12.5. The third-order valence-corrected chi connectivity index (χ3v) is 4.02. The number of pyridine rings is 1. The van der Waals surface area contributed by atoms with Crippen LogP contribution in [-0.4, -0.2) is 35.4 Å². The molecule has 0 aromatic carbocycles. The normalized spacial score (nSPS) is 27.4. The fraction of sp³-hybridized carbons (Fsp3) is 0.571. The lowest BCUT2D eigenvalue weighted by molar-refractivity contribution is -0.128. The molecule has 0 bridgehead atoms. The fourth-order valence-corrected chi connectivity index (χ4v) is 2.99. The molecular formula is C14H19N3O. The highest BCUT2D eigenvalue weighted by Crippen LogP contribution is 2.28. The van der Waals surface area contributed by atoms with Gasteiger partial charge in [-0.2, -0.15) is 0 Å². The summed E-state index contributed by atoms with van der Waals surface area (Å²) in [6.07, 6.45) is 6.12. The first-order valence-corrected chi connectivity index (χ1v) is 6.70. The molecule has 4 heteroatoms. The summed E-state index contributed by atoms with van der Waals surface area (Å²) in [5, 5.41) is 3.50. The van der Waals surface area contributed by atoms with Gasteiger partial charge in [-0.1, -0.05) is 6.07 Å². The summed E-state index contributed by atoms with van der Waals surface area (Å²) in [4.78, 5) is 18.2. The van der Waals surface area contributed by atoms with E-state index in [-0.39, 0.29) is 18.0 Å². The number of rotatable bonds is 2. The Balaban J connectivity index is 1.77. The first-order chi connectivity index (χ1) is 8.75. The monoisotopic (exact) mass is 245 g/mol. The topological polar surface area (TPSA) is 45.2 Å². The number of carbonyl (C=O) groups is 1. The molecule has 0 radical (unpaired) electrons. The SMILES string of the molecule is CN1CCC(NC2CCCc3cccnc32)C1=O. The van der Waals surface area contributed by atoms with Crippen molar-refractivity contribution in [2.75, 3.05) is 13.6 Å². The number of likely N-dealkylation sites (N-methyl/N-ethyl adjacent to an activating group) is 1. The van der Waals surface area contributed by atoms with Gasteiger partial charge in [-0.25, -0.2) is 0 Å². The highest BCUT2D eigenvalue weighted by Gasteiger charge is 2.32. The van der Waals surface area contributed by atoms with Crippen molar-refractivity contribution in [2.24, 2.45) is 0 Å². The average molecular weight is 245 g/mol. The van der Waals surface area contributed by atoms with E-state index in [0.29, 0.717) is 0 Å². The van der Waals surface area contributed by atoms with Crippen molar-refractivity contribution in [3.63, 3.8) is 0 Å². The van der Waals surface area contributed by atoms with Crippen LogP contribution in [0.3, 0.4) is 0 Å². The quantitative estimate of drug-likeness (QED) is 0.853. The smallest absolute Gasteiger partial charge is 0.239 e. The zero-order valence-electron chi connectivity index (χ0n) is 10.7. The van der Waals surface area contributed by atoms with E-state index in [1.807, 2.05) is 19.3 Å². The summed E-state index contributed by atoms with van der Waals surface area (Å²) in [5.41, 5.74) is 2.48. The van der Waals surface area contributed by atoms with Gasteiger partial charge in [0.25, 0.3) is 0 Å². The molecule has 1 saturated heterocycles. The Morgan fingerprint density at radius 3 is 3.06 bits per heavy atom. The van der Waals surface area contributed by atoms with Gasteiger partial charge in [-0.3, -0.25) is 15.1 Å². The Bertz CT molecular complexity index is 460. The molecule has 3 rings (SSSR count). The zero-order valence-corrected chi connectivity index (χ0v) is 10.7. The molecule has 1 aromatic heterocycles. The Morgan fingerprint density at radius 2 is 2.28 bits per heavy atom. The van der Waals surface area contributed by atoms with Gasteiger partial charge in [-0.15, -0.1) is 0 Å². The van der Waals surface area contributed by atoms with Gasteiger partial charge in [0.1, 0.15) is 0 Å². The van der Waals surface area contributed by atoms with Gasteiger partial charge in [0, 0.05) is 19.8 Å². The molecule has 1 aliphatic carbocycles. The van der Waals surface area contributed by atoms with E-state index >= 15 is 0 Å². The highest BCUT2D eigenvalue weighted by molar-refractivity contribution is 5.83. The molecule has 1 aromatic rings. The molecule has 18 heavy (non-hydrogen) atoms. The minimum atomic E-state index is -0.0204. The molecule has 1 amide bonds. The number of nitrogens with zero attached hydrogens (tertiary/aromatic N) is 2. The molecule has 2 unspecified atom stereocenters. The van der Waals surface area contributed by atoms with Crippen LogP contribution in [0, 0.1) is 0 Å². The maximum atomic E-state index is 11.9. The molecule has 2 atom stereocenters. The van der Waals surface area contributed by atoms with Crippen molar-refractivity contribution in [1.82, 2.24) is 15.2 Å². The van der Waals surface area contributed by atoms with Gasteiger partial charge in [0.15, 0.2) is 0 Å². The largest absolute Gasteiger partial charge is 0.344 e. The Morgan fingerprint density at radius 1 is 1.39 bits per heavy atom. The molecule has 2 aliphatic rings. The summed E-state index contributed by atoms with van der Waals surface area (Å²) >= 11 is 0. The summed E-state index contributed by atoms with van der Waals surface area (Å²) in [5.74, 6) is 0.220. The average Bonchev–Trinajstić information content (AvgIpc) is 2.71. The first-order valence-electron chi connectivity index (χ1n) is 6.70. The van der Waals surface area contributed by atoms with E-state index in [1.165, 1.54) is 12.0 Å². The predicted molar refractivity (Wildman–Crippen MR) is 69.1 cm³/mol. The molecule has 96 valence electrons. The Kier molecular flexibility index (Phi) is 3.04. The van der Waals surface area contributed by atoms with Crippen LogP contribution in [0.5, 0.6) is 0 Å². The lowest BCUT2D eigenvalue weighted by Gasteiger charge is -2.27. The van der Waals surface area contributed by atoms with Crippen LogP contribution in [0.25, 0.3) is 0 Å². The third kappa shape index (κ3) is 2.01. The standard InChI is InChI=1S/C14H19N3O/c1-17-9-7-12(14(17)18)16-11-6-2-4-10-5-3-8-15-13(10)11/h3,5,8,11-12,16H,2,4,6-7,9H2,1H3. The van der Waals surface area contributed by atoms with Crippen molar-refractivity contribution in [3.05, 3.63) is 29.6 Å². The summed E-state index contributed by atoms with van der Waals surface area (Å²) in [6, 6.07) is 4.37. The van der Waals surface area contributed by atoms with Crippen LogP contribution in [0.1, 0.15) is 36.6 Å². The van der Waals surface area contributed by atoms with Crippen LogP contribution in [0.4, 0.5) is 0 Å². The number of hydrogen-bond donors (Lipinski definition) is 1. The predicted octanol–water partition coefficient (Wildman–Crippen LogP) is 1.28. The van der Waals surface area contributed by atoms with E-state index in [1.54, 1.807) is 4.90 Å². The summed E-state index contributed by atoms with van der Waals surface area (Å²) in [6.45, 7) is 0.859. The number of carbonyl (C=O) groups excluding carboxylic acids is 1. The molecule has 1 fully saturated rings. The number of aromatic nitrogens is 1. The molecule has 1 aliphatic heterocycles. The number of amides is 1. The van der Waals surface area contributed by atoms with Crippen LogP contribution in [-0.2, 0) is 11.2 Å². The second kappa shape index (κ2) is 4.69. The maximum Gasteiger partial charge on any atom is 0.239 e. The van der Waals surface area contributed by atoms with Gasteiger partial charge in [0.2, 0.25) is 5.91 Å². The summed E-state index contributed by atoms with van der Waals surface area (Å²) in [7, 11) is 1.87. The molecular weight excluding hydrogens is 226 g/mol. The lowest BCUT2D eigenvalue weighted by Crippen LogP contribution is -2.40. The number of nitrogens with one attached hydrogen (secondary N) is 1. The first kappa shape index (κ1) is 11.7. The van der Waals surface area contributed by atoms with Crippen LogP contribution >= 0.6 is 0 Å². The minimum Gasteiger partial charge on any atom is -0.344 e. The van der Waals surface area contributed by atoms with Crippen LogP contribution < -0.4 is 5.32 Å². The van der Waals surface area contributed by atoms with Crippen molar-refractivity contribution in [1.29, 1.82) is 0 Å². The van der Waals surface area contributed by atoms with Crippen molar-refractivity contribution >= 4 is 5.91 Å². The Hall–Kier alpha value is -1.42. The Labute approximate surface area is 107 Å². The van der Waals surface area contributed by atoms with Crippen molar-refractivity contribution in [2.45, 2.75) is 37.8 Å². The number of hydrogen-bond acceptors (Lipinski definition) is 3. The van der Waals surface area contributed by atoms with Gasteiger partial charge in [0.05, 0.1) is 17.8 Å². The maximum absolute atomic E-state index is 11.9. The fourth-order valence-electron chi connectivity index (χ4n) is 2.99. The van der Waals surface area contributed by atoms with E-state index in [9.17, 15) is 4.79 Å². The molecule has 2 heterocycles. The molecule has 4 nitrogen and oxygen atoms in total. The van der Waals surface area contributed by atoms with Gasteiger partial charge < -0.3 is 4.90 Å². The minimum absolute atomic E-state index is 0.0204. The number of aryl methyl sites for hydroxylation is 1. The van der Waals surface area contributed by atoms with Crippen LogP contribution in [0.15, 0.2) is 18.3 Å². The van der Waals surface area contributed by atoms with Gasteiger partial charge >= 0.3 is 0 Å². The highest BCUT2D eigenvalue weighted by atomic mass is 16.2. The second-order valence-corrected chi connectivity index (χ2v) is 5.26. The molecule has 1 N–H and O–H groups in total. The number of fused-ring (bicyclic) bond motifs is 1. The van der Waals surface area contributed by atoms with Crippen LogP contribution in [0.2, 0.25) is 0 Å². The second-order valence-electron chi connectivity index (χ2n) is 5.26. The number of likely N-dealkylation sites (tertiary alicyclic amines) is 1. The molecule has 0 saturated carbocycles.